The normalized spacial score (nSPS) is 10.5. The predicted molar refractivity (Wildman–Crippen MR) is 93.1 cm³/mol. The summed E-state index contributed by atoms with van der Waals surface area (Å²) < 4.78 is 11.1. The molecular weight excluding hydrogens is 353 g/mol. The standard InChI is InChI=1S/C17H17Cl2NO4/c1-23-15-7-12(8-20-9-16(21)22)6-14(19)17(15)24-10-11-2-4-13(18)5-3-11/h2-7,20H,8-10H2,1H3,(H,21,22). The molecule has 0 aliphatic rings. The van der Waals surface area contributed by atoms with Gasteiger partial charge in [-0.1, -0.05) is 35.3 Å². The van der Waals surface area contributed by atoms with E-state index in [4.69, 9.17) is 37.8 Å². The zero-order chi connectivity index (χ0) is 17.5. The fourth-order valence-corrected chi connectivity index (χ4v) is 2.48. The summed E-state index contributed by atoms with van der Waals surface area (Å²) >= 11 is 12.1. The Morgan fingerprint density at radius 1 is 1.17 bits per heavy atom. The molecule has 0 fully saturated rings. The van der Waals surface area contributed by atoms with Gasteiger partial charge in [0.1, 0.15) is 6.61 Å². The molecular formula is C17H17Cl2NO4. The molecule has 0 amide bonds. The summed E-state index contributed by atoms with van der Waals surface area (Å²) in [4.78, 5) is 10.5. The van der Waals surface area contributed by atoms with Crippen LogP contribution in [0.2, 0.25) is 10.0 Å². The Hall–Kier alpha value is -1.95. The zero-order valence-electron chi connectivity index (χ0n) is 13.0. The van der Waals surface area contributed by atoms with Crippen LogP contribution in [0.25, 0.3) is 0 Å². The highest BCUT2D eigenvalue weighted by atomic mass is 35.5. The van der Waals surface area contributed by atoms with Gasteiger partial charge in [-0.25, -0.2) is 0 Å². The minimum atomic E-state index is -0.920. The molecule has 2 aromatic carbocycles. The average Bonchev–Trinajstić information content (AvgIpc) is 2.54. The molecule has 24 heavy (non-hydrogen) atoms. The first-order valence-corrected chi connectivity index (χ1v) is 7.91. The maximum absolute atomic E-state index is 10.5. The molecule has 0 saturated heterocycles. The molecule has 0 saturated carbocycles. The van der Waals surface area contributed by atoms with Crippen molar-refractivity contribution in [3.8, 4) is 11.5 Å². The fourth-order valence-electron chi connectivity index (χ4n) is 2.07. The number of carboxylic acids is 1. The third-order valence-electron chi connectivity index (χ3n) is 3.19. The van der Waals surface area contributed by atoms with Crippen LogP contribution in [0.3, 0.4) is 0 Å². The Morgan fingerprint density at radius 2 is 1.88 bits per heavy atom. The summed E-state index contributed by atoms with van der Waals surface area (Å²) in [5.41, 5.74) is 1.75. The summed E-state index contributed by atoms with van der Waals surface area (Å²) in [5.74, 6) is 0.00988. The maximum Gasteiger partial charge on any atom is 0.317 e. The highest BCUT2D eigenvalue weighted by molar-refractivity contribution is 6.32. The number of benzene rings is 2. The molecule has 0 aromatic heterocycles. The third kappa shape index (κ3) is 5.30. The molecule has 0 heterocycles. The SMILES string of the molecule is COc1cc(CNCC(=O)O)cc(Cl)c1OCc1ccc(Cl)cc1. The van der Waals surface area contributed by atoms with E-state index in [1.165, 1.54) is 7.11 Å². The van der Waals surface area contributed by atoms with Gasteiger partial charge in [0.2, 0.25) is 0 Å². The Labute approximate surface area is 150 Å². The Kier molecular flexibility index (Phi) is 6.73. The largest absolute Gasteiger partial charge is 0.493 e. The number of nitrogens with one attached hydrogen (secondary N) is 1. The van der Waals surface area contributed by atoms with Crippen molar-refractivity contribution in [2.75, 3.05) is 13.7 Å². The van der Waals surface area contributed by atoms with E-state index in [0.717, 1.165) is 11.1 Å². The van der Waals surface area contributed by atoms with Crippen molar-refractivity contribution >= 4 is 29.2 Å². The smallest absolute Gasteiger partial charge is 0.317 e. The molecule has 2 N–H and O–H groups in total. The topological polar surface area (TPSA) is 67.8 Å². The third-order valence-corrected chi connectivity index (χ3v) is 3.72. The number of aliphatic carboxylic acids is 1. The van der Waals surface area contributed by atoms with Gasteiger partial charge in [-0.3, -0.25) is 4.79 Å². The molecule has 0 bridgehead atoms. The maximum atomic E-state index is 10.5. The summed E-state index contributed by atoms with van der Waals surface area (Å²) in [7, 11) is 1.52. The number of carbonyl (C=O) groups is 1. The van der Waals surface area contributed by atoms with E-state index in [-0.39, 0.29) is 6.54 Å². The molecule has 2 rings (SSSR count). The van der Waals surface area contributed by atoms with Crippen LogP contribution in [0.5, 0.6) is 11.5 Å². The summed E-state index contributed by atoms with van der Waals surface area (Å²) in [5, 5.41) is 12.5. The van der Waals surface area contributed by atoms with E-state index in [1.54, 1.807) is 24.3 Å². The monoisotopic (exact) mass is 369 g/mol. The van der Waals surface area contributed by atoms with Gasteiger partial charge < -0.3 is 19.9 Å². The van der Waals surface area contributed by atoms with Crippen molar-refractivity contribution in [1.82, 2.24) is 5.32 Å². The number of ether oxygens (including phenoxy) is 2. The quantitative estimate of drug-likeness (QED) is 0.741. The van der Waals surface area contributed by atoms with Gasteiger partial charge in [0.05, 0.1) is 18.7 Å². The summed E-state index contributed by atoms with van der Waals surface area (Å²) in [6, 6.07) is 10.8. The Balaban J connectivity index is 2.08. The lowest BCUT2D eigenvalue weighted by molar-refractivity contribution is -0.135. The molecule has 5 nitrogen and oxygen atoms in total. The van der Waals surface area contributed by atoms with Gasteiger partial charge in [-0.2, -0.15) is 0 Å². The molecule has 2 aromatic rings. The molecule has 0 radical (unpaired) electrons. The minimum absolute atomic E-state index is 0.130. The van der Waals surface area contributed by atoms with Crippen molar-refractivity contribution in [3.05, 3.63) is 57.6 Å². The van der Waals surface area contributed by atoms with Crippen LogP contribution in [-0.2, 0) is 17.9 Å². The van der Waals surface area contributed by atoms with Crippen LogP contribution in [0.15, 0.2) is 36.4 Å². The molecule has 0 aliphatic carbocycles. The van der Waals surface area contributed by atoms with E-state index >= 15 is 0 Å². The first-order chi connectivity index (χ1) is 11.5. The van der Waals surface area contributed by atoms with E-state index in [2.05, 4.69) is 5.32 Å². The first kappa shape index (κ1) is 18.4. The summed E-state index contributed by atoms with van der Waals surface area (Å²) in [6.45, 7) is 0.554. The second-order valence-electron chi connectivity index (χ2n) is 5.02. The fraction of sp³-hybridized carbons (Fsp3) is 0.235. The predicted octanol–water partition coefficient (Wildman–Crippen LogP) is 3.76. The Bertz CT molecular complexity index is 704. The van der Waals surface area contributed by atoms with Gasteiger partial charge in [0.15, 0.2) is 11.5 Å². The first-order valence-electron chi connectivity index (χ1n) is 7.15. The van der Waals surface area contributed by atoms with Crippen LogP contribution in [0.1, 0.15) is 11.1 Å². The van der Waals surface area contributed by atoms with Crippen molar-refractivity contribution in [1.29, 1.82) is 0 Å². The number of halogens is 2. The minimum Gasteiger partial charge on any atom is -0.493 e. The van der Waals surface area contributed by atoms with Gasteiger partial charge in [0.25, 0.3) is 0 Å². The van der Waals surface area contributed by atoms with Gasteiger partial charge >= 0.3 is 5.97 Å². The van der Waals surface area contributed by atoms with Crippen LogP contribution in [0.4, 0.5) is 0 Å². The number of hydrogen-bond acceptors (Lipinski definition) is 4. The Morgan fingerprint density at radius 3 is 2.50 bits per heavy atom. The van der Waals surface area contributed by atoms with Crippen molar-refractivity contribution in [3.63, 3.8) is 0 Å². The van der Waals surface area contributed by atoms with Crippen LogP contribution in [0, 0.1) is 0 Å². The van der Waals surface area contributed by atoms with Crippen LogP contribution in [-0.4, -0.2) is 24.7 Å². The number of rotatable bonds is 8. The number of hydrogen-bond donors (Lipinski definition) is 2. The van der Waals surface area contributed by atoms with E-state index in [0.29, 0.717) is 34.7 Å². The molecule has 0 unspecified atom stereocenters. The zero-order valence-corrected chi connectivity index (χ0v) is 14.5. The molecule has 0 atom stereocenters. The number of methoxy groups -OCH3 is 1. The molecule has 128 valence electrons. The van der Waals surface area contributed by atoms with Gasteiger partial charge in [0, 0.05) is 11.6 Å². The van der Waals surface area contributed by atoms with Gasteiger partial charge in [-0.05, 0) is 35.4 Å². The van der Waals surface area contributed by atoms with Crippen molar-refractivity contribution in [2.24, 2.45) is 0 Å². The highest BCUT2D eigenvalue weighted by Gasteiger charge is 2.12. The number of carboxylic acid groups (broad SMARTS) is 1. The molecule has 0 aliphatic heterocycles. The second-order valence-corrected chi connectivity index (χ2v) is 5.87. The highest BCUT2D eigenvalue weighted by Crippen LogP contribution is 2.37. The lowest BCUT2D eigenvalue weighted by Crippen LogP contribution is -2.21. The van der Waals surface area contributed by atoms with E-state index in [1.807, 2.05) is 12.1 Å². The average molecular weight is 370 g/mol. The van der Waals surface area contributed by atoms with Crippen LogP contribution >= 0.6 is 23.2 Å². The van der Waals surface area contributed by atoms with Crippen molar-refractivity contribution < 1.29 is 19.4 Å². The second kappa shape index (κ2) is 8.78. The van der Waals surface area contributed by atoms with Crippen molar-refractivity contribution in [2.45, 2.75) is 13.2 Å². The van der Waals surface area contributed by atoms with Crippen LogP contribution < -0.4 is 14.8 Å². The van der Waals surface area contributed by atoms with E-state index in [9.17, 15) is 4.79 Å². The molecule has 7 heteroatoms. The van der Waals surface area contributed by atoms with Gasteiger partial charge in [-0.15, -0.1) is 0 Å². The lowest BCUT2D eigenvalue weighted by Gasteiger charge is -2.14. The van der Waals surface area contributed by atoms with E-state index < -0.39 is 5.97 Å². The molecule has 0 spiro atoms. The summed E-state index contributed by atoms with van der Waals surface area (Å²) in [6.07, 6.45) is 0. The lowest BCUT2D eigenvalue weighted by atomic mass is 10.2.